The third kappa shape index (κ3) is 3.62. The first-order valence-electron chi connectivity index (χ1n) is 6.98. The average Bonchev–Trinajstić information content (AvgIpc) is 2.49. The van der Waals surface area contributed by atoms with Crippen molar-refractivity contribution in [3.8, 4) is 0 Å². The minimum absolute atomic E-state index is 0.0567. The summed E-state index contributed by atoms with van der Waals surface area (Å²) < 4.78 is 0.954. The number of rotatable bonds is 6. The maximum absolute atomic E-state index is 9.26. The minimum atomic E-state index is 0.0567. The number of hydrogen-bond acceptors (Lipinski definition) is 2. The predicted molar refractivity (Wildman–Crippen MR) is 88.4 cm³/mol. The van der Waals surface area contributed by atoms with Crippen molar-refractivity contribution in [2.24, 2.45) is 0 Å². The lowest BCUT2D eigenvalue weighted by molar-refractivity contribution is 0.281. The van der Waals surface area contributed by atoms with Crippen molar-refractivity contribution in [2.75, 3.05) is 11.4 Å². The van der Waals surface area contributed by atoms with Gasteiger partial charge >= 0.3 is 0 Å². The molecule has 1 N–H and O–H groups in total. The molecule has 2 aromatic rings. The number of aliphatic hydroxyl groups excluding tert-OH is 1. The van der Waals surface area contributed by atoms with Crippen molar-refractivity contribution in [1.29, 1.82) is 0 Å². The molecule has 0 saturated heterocycles. The smallest absolute Gasteiger partial charge is 0.0692 e. The van der Waals surface area contributed by atoms with Crippen molar-refractivity contribution < 1.29 is 5.11 Å². The van der Waals surface area contributed by atoms with Crippen LogP contribution in [0.3, 0.4) is 0 Å². The second-order valence-electron chi connectivity index (χ2n) is 4.77. The molecule has 2 aromatic carbocycles. The number of nitrogens with zero attached hydrogens (tertiary/aromatic N) is 1. The van der Waals surface area contributed by atoms with Gasteiger partial charge in [-0.15, -0.1) is 0 Å². The van der Waals surface area contributed by atoms with Crippen LogP contribution in [0.2, 0.25) is 0 Å². The number of unbranched alkanes of at least 4 members (excludes halogenated alkanes) is 1. The molecular formula is C17H20BrNO. The first kappa shape index (κ1) is 15.1. The quantitative estimate of drug-likeness (QED) is 0.814. The van der Waals surface area contributed by atoms with Gasteiger partial charge in [-0.25, -0.2) is 0 Å². The Kier molecular flexibility index (Phi) is 5.62. The molecule has 0 aliphatic rings. The fourth-order valence-corrected chi connectivity index (χ4v) is 2.66. The minimum Gasteiger partial charge on any atom is -0.392 e. The van der Waals surface area contributed by atoms with Gasteiger partial charge in [0.2, 0.25) is 0 Å². The summed E-state index contributed by atoms with van der Waals surface area (Å²) in [4.78, 5) is 2.31. The summed E-state index contributed by atoms with van der Waals surface area (Å²) >= 11 is 3.53. The van der Waals surface area contributed by atoms with E-state index in [1.807, 2.05) is 12.1 Å². The van der Waals surface area contributed by atoms with Crippen LogP contribution < -0.4 is 4.90 Å². The average molecular weight is 334 g/mol. The second kappa shape index (κ2) is 7.46. The maximum atomic E-state index is 9.26. The van der Waals surface area contributed by atoms with Crippen LogP contribution in [0.5, 0.6) is 0 Å². The second-order valence-corrected chi connectivity index (χ2v) is 5.63. The van der Waals surface area contributed by atoms with E-state index in [4.69, 9.17) is 0 Å². The van der Waals surface area contributed by atoms with Gasteiger partial charge in [0.25, 0.3) is 0 Å². The Morgan fingerprint density at radius 1 is 1.05 bits per heavy atom. The van der Waals surface area contributed by atoms with E-state index in [2.05, 4.69) is 64.2 Å². The molecule has 0 saturated carbocycles. The van der Waals surface area contributed by atoms with Crippen molar-refractivity contribution >= 4 is 27.3 Å². The van der Waals surface area contributed by atoms with Crippen LogP contribution in [-0.4, -0.2) is 11.7 Å². The summed E-state index contributed by atoms with van der Waals surface area (Å²) in [6, 6.07) is 16.5. The Labute approximate surface area is 129 Å². The number of para-hydroxylation sites is 1. The summed E-state index contributed by atoms with van der Waals surface area (Å²) in [6.07, 6.45) is 2.31. The highest BCUT2D eigenvalue weighted by molar-refractivity contribution is 9.10. The number of anilines is 2. The topological polar surface area (TPSA) is 23.5 Å². The Bertz CT molecular complexity index is 542. The molecule has 0 spiro atoms. The van der Waals surface area contributed by atoms with Crippen LogP contribution in [0.15, 0.2) is 53.0 Å². The molecule has 0 aliphatic heterocycles. The van der Waals surface area contributed by atoms with Crippen LogP contribution in [0.25, 0.3) is 0 Å². The van der Waals surface area contributed by atoms with Gasteiger partial charge in [0, 0.05) is 22.4 Å². The lowest BCUT2D eigenvalue weighted by Gasteiger charge is -2.25. The normalized spacial score (nSPS) is 10.6. The molecule has 0 unspecified atom stereocenters. The summed E-state index contributed by atoms with van der Waals surface area (Å²) in [6.45, 7) is 3.25. The van der Waals surface area contributed by atoms with Gasteiger partial charge in [-0.05, 0) is 36.2 Å². The third-order valence-corrected chi connectivity index (χ3v) is 4.06. The molecule has 20 heavy (non-hydrogen) atoms. The monoisotopic (exact) mass is 333 g/mol. The van der Waals surface area contributed by atoms with E-state index in [9.17, 15) is 5.11 Å². The Balaban J connectivity index is 2.33. The standard InChI is InChI=1S/C17H20BrNO/c1-2-3-11-19(15-7-5-4-6-8-15)16-10-9-14(13-20)17(18)12-16/h4-10,12,20H,2-3,11,13H2,1H3. The van der Waals surface area contributed by atoms with E-state index < -0.39 is 0 Å². The van der Waals surface area contributed by atoms with Gasteiger partial charge in [0.1, 0.15) is 0 Å². The molecule has 0 aromatic heterocycles. The third-order valence-electron chi connectivity index (χ3n) is 3.32. The van der Waals surface area contributed by atoms with Gasteiger partial charge in [0.15, 0.2) is 0 Å². The summed E-state index contributed by atoms with van der Waals surface area (Å²) in [7, 11) is 0. The molecule has 0 atom stereocenters. The summed E-state index contributed by atoms with van der Waals surface area (Å²) in [5, 5.41) is 9.26. The molecule has 0 amide bonds. The fourth-order valence-electron chi connectivity index (χ4n) is 2.16. The van der Waals surface area contributed by atoms with Crippen LogP contribution in [0.1, 0.15) is 25.3 Å². The van der Waals surface area contributed by atoms with Crippen LogP contribution in [0, 0.1) is 0 Å². The molecule has 2 nitrogen and oxygen atoms in total. The predicted octanol–water partition coefficient (Wildman–Crippen LogP) is 4.88. The molecule has 0 aliphatic carbocycles. The van der Waals surface area contributed by atoms with Crippen molar-refractivity contribution in [3.63, 3.8) is 0 Å². The molecule has 0 heterocycles. The molecular weight excluding hydrogens is 314 g/mol. The molecule has 3 heteroatoms. The molecule has 106 valence electrons. The van der Waals surface area contributed by atoms with E-state index in [0.717, 1.165) is 28.7 Å². The lowest BCUT2D eigenvalue weighted by Crippen LogP contribution is -2.18. The fraction of sp³-hybridized carbons (Fsp3) is 0.294. The van der Waals surface area contributed by atoms with Crippen LogP contribution >= 0.6 is 15.9 Å². The summed E-state index contributed by atoms with van der Waals surface area (Å²) in [5.74, 6) is 0. The van der Waals surface area contributed by atoms with Gasteiger partial charge in [-0.3, -0.25) is 0 Å². The highest BCUT2D eigenvalue weighted by atomic mass is 79.9. The zero-order chi connectivity index (χ0) is 14.4. The van der Waals surface area contributed by atoms with E-state index in [1.165, 1.54) is 12.1 Å². The van der Waals surface area contributed by atoms with Gasteiger partial charge in [-0.1, -0.05) is 53.5 Å². The zero-order valence-electron chi connectivity index (χ0n) is 11.7. The van der Waals surface area contributed by atoms with E-state index in [1.54, 1.807) is 0 Å². The molecule has 0 radical (unpaired) electrons. The van der Waals surface area contributed by atoms with E-state index in [0.29, 0.717) is 0 Å². The van der Waals surface area contributed by atoms with Gasteiger partial charge in [0.05, 0.1) is 6.61 Å². The maximum Gasteiger partial charge on any atom is 0.0692 e. The number of aliphatic hydroxyl groups is 1. The highest BCUT2D eigenvalue weighted by Gasteiger charge is 2.10. The molecule has 2 rings (SSSR count). The van der Waals surface area contributed by atoms with E-state index in [-0.39, 0.29) is 6.61 Å². The van der Waals surface area contributed by atoms with Crippen molar-refractivity contribution in [3.05, 3.63) is 58.6 Å². The first-order chi connectivity index (χ1) is 9.76. The lowest BCUT2D eigenvalue weighted by atomic mass is 10.1. The van der Waals surface area contributed by atoms with E-state index >= 15 is 0 Å². The molecule has 0 bridgehead atoms. The van der Waals surface area contributed by atoms with Crippen molar-refractivity contribution in [1.82, 2.24) is 0 Å². The summed E-state index contributed by atoms with van der Waals surface area (Å²) in [5.41, 5.74) is 3.26. The largest absolute Gasteiger partial charge is 0.392 e. The highest BCUT2D eigenvalue weighted by Crippen LogP contribution is 2.30. The van der Waals surface area contributed by atoms with Gasteiger partial charge in [-0.2, -0.15) is 0 Å². The van der Waals surface area contributed by atoms with Crippen LogP contribution in [0.4, 0.5) is 11.4 Å². The Morgan fingerprint density at radius 2 is 1.80 bits per heavy atom. The zero-order valence-corrected chi connectivity index (χ0v) is 13.3. The van der Waals surface area contributed by atoms with Crippen molar-refractivity contribution in [2.45, 2.75) is 26.4 Å². The Morgan fingerprint density at radius 3 is 2.40 bits per heavy atom. The number of hydrogen-bond donors (Lipinski definition) is 1. The van der Waals surface area contributed by atoms with Crippen LogP contribution in [-0.2, 0) is 6.61 Å². The number of benzene rings is 2. The van der Waals surface area contributed by atoms with Gasteiger partial charge < -0.3 is 10.0 Å². The first-order valence-corrected chi connectivity index (χ1v) is 7.77. The Hall–Kier alpha value is -1.32. The number of halogens is 1. The molecule has 0 fully saturated rings. The SMILES string of the molecule is CCCCN(c1ccccc1)c1ccc(CO)c(Br)c1.